The quantitative estimate of drug-likeness (QED) is 0.723. The van der Waals surface area contributed by atoms with Crippen LogP contribution in [-0.2, 0) is 22.6 Å². The maximum atomic E-state index is 12.4. The third-order valence-electron chi connectivity index (χ3n) is 4.50. The van der Waals surface area contributed by atoms with Crippen LogP contribution in [0.25, 0.3) is 10.2 Å². The van der Waals surface area contributed by atoms with Gasteiger partial charge in [0, 0.05) is 19.4 Å². The van der Waals surface area contributed by atoms with E-state index < -0.39 is 5.92 Å². The van der Waals surface area contributed by atoms with Crippen LogP contribution in [0.4, 0.5) is 5.13 Å². The summed E-state index contributed by atoms with van der Waals surface area (Å²) in [5.74, 6) is 0.270. The number of benzene rings is 1. The molecule has 0 bridgehead atoms. The smallest absolute Gasteiger partial charge is 0.246 e. The maximum Gasteiger partial charge on any atom is 0.246 e. The minimum Gasteiger partial charge on any atom is -0.347 e. The molecule has 0 saturated carbocycles. The lowest BCUT2D eigenvalue weighted by molar-refractivity contribution is -0.126. The largest absolute Gasteiger partial charge is 0.347 e. The summed E-state index contributed by atoms with van der Waals surface area (Å²) in [4.78, 5) is 35.2. The fourth-order valence-electron chi connectivity index (χ4n) is 3.02. The van der Waals surface area contributed by atoms with Crippen molar-refractivity contribution >= 4 is 38.5 Å². The Morgan fingerprint density at radius 3 is 3.04 bits per heavy atom. The number of aryl methyl sites for hydroxylation is 2. The highest BCUT2D eigenvalue weighted by Gasteiger charge is 2.36. The number of carbonyl (C=O) groups excluding carboxylic acids is 2. The van der Waals surface area contributed by atoms with E-state index in [-0.39, 0.29) is 24.8 Å². The summed E-state index contributed by atoms with van der Waals surface area (Å²) in [6.07, 6.45) is 0.843. The van der Waals surface area contributed by atoms with Gasteiger partial charge < -0.3 is 9.84 Å². The van der Waals surface area contributed by atoms with Crippen LogP contribution in [0.1, 0.15) is 30.6 Å². The predicted octanol–water partition coefficient (Wildman–Crippen LogP) is 2.22. The first kappa shape index (κ1) is 17.6. The standard InChI is InChI=1S/C18H19N5O3S/c1-3-14-21-15(26-22-14)8-19-17(25)11-7-16(24)23(9-11)18-20-12-5-4-10(2)6-13(12)27-18/h4-6,11H,3,7-9H2,1-2H3,(H,19,25). The summed E-state index contributed by atoms with van der Waals surface area (Å²) in [7, 11) is 0. The molecule has 1 aliphatic rings. The van der Waals surface area contributed by atoms with E-state index in [1.807, 2.05) is 26.0 Å². The van der Waals surface area contributed by atoms with E-state index in [1.165, 1.54) is 11.3 Å². The Kier molecular flexibility index (Phi) is 4.61. The molecule has 3 aromatic rings. The van der Waals surface area contributed by atoms with E-state index in [0.29, 0.717) is 29.8 Å². The van der Waals surface area contributed by atoms with Gasteiger partial charge in [0.2, 0.25) is 17.7 Å². The second kappa shape index (κ2) is 7.07. The minimum atomic E-state index is -0.417. The number of amides is 2. The number of anilines is 1. The molecule has 2 amide bonds. The summed E-state index contributed by atoms with van der Waals surface area (Å²) in [5, 5.41) is 7.21. The minimum absolute atomic E-state index is 0.0861. The summed E-state index contributed by atoms with van der Waals surface area (Å²) in [6, 6.07) is 6.00. The summed E-state index contributed by atoms with van der Waals surface area (Å²) < 4.78 is 6.10. The van der Waals surface area contributed by atoms with E-state index in [9.17, 15) is 9.59 Å². The molecule has 1 fully saturated rings. The average molecular weight is 385 g/mol. The van der Waals surface area contributed by atoms with Gasteiger partial charge in [-0.25, -0.2) is 4.98 Å². The number of thiazole rings is 1. The number of hydrogen-bond donors (Lipinski definition) is 1. The van der Waals surface area contributed by atoms with Crippen LogP contribution < -0.4 is 10.2 Å². The van der Waals surface area contributed by atoms with Crippen molar-refractivity contribution in [1.29, 1.82) is 0 Å². The number of rotatable bonds is 5. The fourth-order valence-corrected chi connectivity index (χ4v) is 4.11. The number of nitrogens with one attached hydrogen (secondary N) is 1. The van der Waals surface area contributed by atoms with Crippen LogP contribution in [0.2, 0.25) is 0 Å². The second-order valence-electron chi connectivity index (χ2n) is 6.55. The maximum absolute atomic E-state index is 12.4. The van der Waals surface area contributed by atoms with Gasteiger partial charge in [-0.15, -0.1) is 0 Å². The Balaban J connectivity index is 1.42. The van der Waals surface area contributed by atoms with Crippen LogP contribution in [0.15, 0.2) is 22.7 Å². The third kappa shape index (κ3) is 3.55. The number of nitrogens with zero attached hydrogens (tertiary/aromatic N) is 4. The van der Waals surface area contributed by atoms with Crippen LogP contribution in [0.5, 0.6) is 0 Å². The lowest BCUT2D eigenvalue weighted by Crippen LogP contribution is -2.32. The van der Waals surface area contributed by atoms with Gasteiger partial charge in [-0.2, -0.15) is 4.98 Å². The Morgan fingerprint density at radius 1 is 1.41 bits per heavy atom. The number of fused-ring (bicyclic) bond motifs is 1. The molecule has 140 valence electrons. The molecule has 1 atom stereocenters. The van der Waals surface area contributed by atoms with Crippen molar-refractivity contribution in [3.63, 3.8) is 0 Å². The van der Waals surface area contributed by atoms with Crippen LogP contribution in [0.3, 0.4) is 0 Å². The average Bonchev–Trinajstić information content (AvgIpc) is 3.36. The van der Waals surface area contributed by atoms with Crippen LogP contribution in [0, 0.1) is 12.8 Å². The molecule has 0 spiro atoms. The van der Waals surface area contributed by atoms with Crippen molar-refractivity contribution in [2.24, 2.45) is 5.92 Å². The lowest BCUT2D eigenvalue weighted by atomic mass is 10.1. The normalized spacial score (nSPS) is 17.0. The van der Waals surface area contributed by atoms with Gasteiger partial charge in [0.25, 0.3) is 0 Å². The van der Waals surface area contributed by atoms with E-state index in [1.54, 1.807) is 4.90 Å². The molecule has 1 unspecified atom stereocenters. The van der Waals surface area contributed by atoms with E-state index in [0.717, 1.165) is 15.8 Å². The summed E-state index contributed by atoms with van der Waals surface area (Å²) in [6.45, 7) is 4.44. The molecule has 1 saturated heterocycles. The number of aromatic nitrogens is 3. The number of carbonyl (C=O) groups is 2. The first-order valence-electron chi connectivity index (χ1n) is 8.80. The Labute approximate surface area is 159 Å². The first-order chi connectivity index (χ1) is 13.0. The van der Waals surface area contributed by atoms with Crippen molar-refractivity contribution in [2.75, 3.05) is 11.4 Å². The summed E-state index contributed by atoms with van der Waals surface area (Å²) in [5.41, 5.74) is 2.01. The predicted molar refractivity (Wildman–Crippen MR) is 100 cm³/mol. The molecule has 9 heteroatoms. The van der Waals surface area contributed by atoms with Crippen molar-refractivity contribution in [3.05, 3.63) is 35.5 Å². The van der Waals surface area contributed by atoms with Gasteiger partial charge in [0.05, 0.1) is 22.7 Å². The van der Waals surface area contributed by atoms with Crippen molar-refractivity contribution in [3.8, 4) is 0 Å². The zero-order valence-corrected chi connectivity index (χ0v) is 15.9. The highest BCUT2D eigenvalue weighted by atomic mass is 32.1. The van der Waals surface area contributed by atoms with Crippen LogP contribution in [-0.4, -0.2) is 33.5 Å². The highest BCUT2D eigenvalue weighted by molar-refractivity contribution is 7.22. The molecular weight excluding hydrogens is 366 g/mol. The Morgan fingerprint density at radius 2 is 2.26 bits per heavy atom. The number of hydrogen-bond acceptors (Lipinski definition) is 7. The molecule has 2 aromatic heterocycles. The molecule has 1 aliphatic heterocycles. The molecule has 0 aliphatic carbocycles. The zero-order valence-electron chi connectivity index (χ0n) is 15.1. The van der Waals surface area contributed by atoms with Gasteiger partial charge >= 0.3 is 0 Å². The van der Waals surface area contributed by atoms with Gasteiger partial charge in [-0.05, 0) is 24.6 Å². The first-order valence-corrected chi connectivity index (χ1v) is 9.62. The molecule has 0 radical (unpaired) electrons. The molecule has 3 heterocycles. The summed E-state index contributed by atoms with van der Waals surface area (Å²) >= 11 is 1.47. The topological polar surface area (TPSA) is 101 Å². The molecule has 1 aromatic carbocycles. The Hall–Kier alpha value is -2.81. The zero-order chi connectivity index (χ0) is 19.0. The lowest BCUT2D eigenvalue weighted by Gasteiger charge is -2.12. The molecule has 1 N–H and O–H groups in total. The van der Waals surface area contributed by atoms with Crippen molar-refractivity contribution in [2.45, 2.75) is 33.2 Å². The van der Waals surface area contributed by atoms with Crippen molar-refractivity contribution in [1.82, 2.24) is 20.4 Å². The van der Waals surface area contributed by atoms with Gasteiger partial charge in [0.15, 0.2) is 11.0 Å². The second-order valence-corrected chi connectivity index (χ2v) is 7.56. The Bertz CT molecular complexity index is 1010. The molecule has 4 rings (SSSR count). The van der Waals surface area contributed by atoms with Crippen LogP contribution >= 0.6 is 11.3 Å². The van der Waals surface area contributed by atoms with Gasteiger partial charge in [-0.1, -0.05) is 29.5 Å². The fraction of sp³-hybridized carbons (Fsp3) is 0.389. The molecule has 8 nitrogen and oxygen atoms in total. The molecule has 27 heavy (non-hydrogen) atoms. The third-order valence-corrected chi connectivity index (χ3v) is 5.54. The SMILES string of the molecule is CCc1noc(CNC(=O)C2CC(=O)N(c3nc4ccc(C)cc4s3)C2)n1. The highest BCUT2D eigenvalue weighted by Crippen LogP contribution is 2.33. The van der Waals surface area contributed by atoms with Crippen molar-refractivity contribution < 1.29 is 14.1 Å². The van der Waals surface area contributed by atoms with E-state index in [2.05, 4.69) is 26.5 Å². The van der Waals surface area contributed by atoms with E-state index >= 15 is 0 Å². The van der Waals surface area contributed by atoms with E-state index in [4.69, 9.17) is 4.52 Å². The van der Waals surface area contributed by atoms with Gasteiger partial charge in [-0.3, -0.25) is 14.5 Å². The van der Waals surface area contributed by atoms with Gasteiger partial charge in [0.1, 0.15) is 0 Å². The monoisotopic (exact) mass is 385 g/mol. The molecular formula is C18H19N5O3S.